The van der Waals surface area contributed by atoms with Gasteiger partial charge in [-0.05, 0) is 35.9 Å². The Balaban J connectivity index is 1.96. The van der Waals surface area contributed by atoms with Crippen molar-refractivity contribution in [3.8, 4) is 11.1 Å². The van der Waals surface area contributed by atoms with E-state index in [1.54, 1.807) is 41.2 Å². The minimum absolute atomic E-state index is 0.0754. The van der Waals surface area contributed by atoms with Crippen molar-refractivity contribution in [2.75, 3.05) is 0 Å². The quantitative estimate of drug-likeness (QED) is 0.413. The molecule has 1 N–H and O–H groups in total. The summed E-state index contributed by atoms with van der Waals surface area (Å²) in [4.78, 5) is 32.8. The Morgan fingerprint density at radius 2 is 1.96 bits per heavy atom. The highest BCUT2D eigenvalue weighted by atomic mass is 35.5. The van der Waals surface area contributed by atoms with Crippen molar-refractivity contribution in [2.45, 2.75) is 0 Å². The molecule has 0 spiro atoms. The van der Waals surface area contributed by atoms with Gasteiger partial charge in [-0.1, -0.05) is 41.9 Å². The molecule has 0 unspecified atom stereocenters. The Hall–Kier alpha value is -3.44. The molecule has 0 bridgehead atoms. The van der Waals surface area contributed by atoms with Crippen molar-refractivity contribution in [1.82, 2.24) is 14.5 Å². The molecule has 4 rings (SSSR count). The number of halogens is 1. The van der Waals surface area contributed by atoms with Gasteiger partial charge in [0, 0.05) is 40.9 Å². The number of pyridine rings is 1. The van der Waals surface area contributed by atoms with E-state index in [2.05, 4.69) is 9.97 Å². The first kappa shape index (κ1) is 17.9. The number of imidazole rings is 1. The van der Waals surface area contributed by atoms with Gasteiger partial charge in [-0.25, -0.2) is 4.98 Å². The second-order valence-electron chi connectivity index (χ2n) is 6.35. The molecule has 0 aliphatic rings. The first-order valence-electron chi connectivity index (χ1n) is 8.65. The maximum atomic E-state index is 13.0. The van der Waals surface area contributed by atoms with E-state index in [1.807, 2.05) is 37.4 Å². The molecule has 0 fully saturated rings. The number of aryl methyl sites for hydroxylation is 1. The van der Waals surface area contributed by atoms with Crippen LogP contribution in [0.3, 0.4) is 0 Å². The number of carbonyl (C=O) groups is 1. The summed E-state index contributed by atoms with van der Waals surface area (Å²) in [6.45, 7) is 0. The van der Waals surface area contributed by atoms with Gasteiger partial charge in [0.05, 0.1) is 5.56 Å². The molecular formula is C22H16ClN3O2. The normalized spacial score (nSPS) is 11.4. The summed E-state index contributed by atoms with van der Waals surface area (Å²) >= 11 is 6.19. The highest BCUT2D eigenvalue weighted by molar-refractivity contribution is 6.31. The number of nitrogens with one attached hydrogen (secondary N) is 1. The van der Waals surface area contributed by atoms with Crippen molar-refractivity contribution in [3.05, 3.63) is 93.8 Å². The molecule has 6 heteroatoms. The third kappa shape index (κ3) is 3.28. The van der Waals surface area contributed by atoms with Gasteiger partial charge in [0.1, 0.15) is 5.82 Å². The molecule has 4 aromatic rings. The van der Waals surface area contributed by atoms with Crippen molar-refractivity contribution < 1.29 is 4.79 Å². The molecule has 5 nitrogen and oxygen atoms in total. The lowest BCUT2D eigenvalue weighted by molar-refractivity contribution is 0.104. The number of fused-ring (bicyclic) bond motifs is 1. The first-order valence-corrected chi connectivity index (χ1v) is 9.03. The summed E-state index contributed by atoms with van der Waals surface area (Å²) in [7, 11) is 1.83. The lowest BCUT2D eigenvalue weighted by Gasteiger charge is -2.11. The van der Waals surface area contributed by atoms with Crippen LogP contribution in [0.5, 0.6) is 0 Å². The predicted molar refractivity (Wildman–Crippen MR) is 112 cm³/mol. The monoisotopic (exact) mass is 389 g/mol. The topological polar surface area (TPSA) is 67.8 Å². The molecule has 0 saturated heterocycles. The zero-order chi connectivity index (χ0) is 19.7. The van der Waals surface area contributed by atoms with Crippen molar-refractivity contribution >= 4 is 34.4 Å². The van der Waals surface area contributed by atoms with Crippen molar-refractivity contribution in [2.24, 2.45) is 7.05 Å². The van der Waals surface area contributed by atoms with Crippen LogP contribution in [0.2, 0.25) is 5.02 Å². The van der Waals surface area contributed by atoms with Crippen LogP contribution in [-0.2, 0) is 7.05 Å². The smallest absolute Gasteiger partial charge is 0.260 e. The Bertz CT molecular complexity index is 1270. The lowest BCUT2D eigenvalue weighted by atomic mass is 9.94. The number of H-pyrrole nitrogens is 1. The largest absolute Gasteiger partial charge is 0.335 e. The SMILES string of the molecule is Cn1ccnc1C=CC(=O)c1c(-c2ccccc2)c2cc(Cl)ccc2[nH]c1=O. The molecule has 0 aliphatic carbocycles. The average molecular weight is 390 g/mol. The molecule has 0 aliphatic heterocycles. The van der Waals surface area contributed by atoms with E-state index in [-0.39, 0.29) is 5.56 Å². The van der Waals surface area contributed by atoms with Gasteiger partial charge < -0.3 is 9.55 Å². The van der Waals surface area contributed by atoms with Crippen LogP contribution in [0.4, 0.5) is 0 Å². The minimum Gasteiger partial charge on any atom is -0.335 e. The molecule has 0 atom stereocenters. The molecule has 138 valence electrons. The Kier molecular flexibility index (Phi) is 4.67. The van der Waals surface area contributed by atoms with E-state index in [4.69, 9.17) is 11.6 Å². The van der Waals surface area contributed by atoms with Crippen molar-refractivity contribution in [1.29, 1.82) is 0 Å². The predicted octanol–water partition coefficient (Wildman–Crippen LogP) is 4.48. The number of ketones is 1. The van der Waals surface area contributed by atoms with Gasteiger partial charge >= 0.3 is 0 Å². The number of hydrogen-bond donors (Lipinski definition) is 1. The van der Waals surface area contributed by atoms with Crippen molar-refractivity contribution in [3.63, 3.8) is 0 Å². The number of hydrogen-bond acceptors (Lipinski definition) is 3. The van der Waals surface area contributed by atoms with Gasteiger partial charge in [-0.2, -0.15) is 0 Å². The second-order valence-corrected chi connectivity index (χ2v) is 6.79. The molecule has 0 radical (unpaired) electrons. The van der Waals surface area contributed by atoms with Gasteiger partial charge in [0.25, 0.3) is 5.56 Å². The highest BCUT2D eigenvalue weighted by Gasteiger charge is 2.19. The minimum atomic E-state index is -0.442. The number of aromatic amines is 1. The Morgan fingerprint density at radius 1 is 1.18 bits per heavy atom. The number of nitrogens with zero attached hydrogens (tertiary/aromatic N) is 2. The molecular weight excluding hydrogens is 374 g/mol. The number of allylic oxidation sites excluding steroid dienone is 1. The summed E-state index contributed by atoms with van der Waals surface area (Å²) in [6, 6.07) is 14.6. The first-order chi connectivity index (χ1) is 13.5. The van der Waals surface area contributed by atoms with Gasteiger partial charge in [-0.3, -0.25) is 9.59 Å². The van der Waals surface area contributed by atoms with E-state index in [1.165, 1.54) is 6.08 Å². The molecule has 2 heterocycles. The van der Waals surface area contributed by atoms with Gasteiger partial charge in [0.15, 0.2) is 5.78 Å². The summed E-state index contributed by atoms with van der Waals surface area (Å²) in [5.41, 5.74) is 1.60. The molecule has 2 aromatic carbocycles. The Labute approximate surface area is 165 Å². The summed E-state index contributed by atoms with van der Waals surface area (Å²) in [6.07, 6.45) is 6.39. The highest BCUT2D eigenvalue weighted by Crippen LogP contribution is 2.31. The number of benzene rings is 2. The van der Waals surface area contributed by atoms with Crippen LogP contribution in [0.15, 0.2) is 71.8 Å². The molecule has 0 amide bonds. The lowest BCUT2D eigenvalue weighted by Crippen LogP contribution is -2.18. The molecule has 28 heavy (non-hydrogen) atoms. The zero-order valence-corrected chi connectivity index (χ0v) is 15.8. The summed E-state index contributed by atoms with van der Waals surface area (Å²) in [5.74, 6) is 0.222. The fraction of sp³-hybridized carbons (Fsp3) is 0.0455. The van der Waals surface area contributed by atoms with Crippen LogP contribution in [0.1, 0.15) is 16.2 Å². The number of rotatable bonds is 4. The standard InChI is InChI=1S/C22H16ClN3O2/c1-26-12-11-24-19(26)10-9-18(27)21-20(14-5-3-2-4-6-14)16-13-15(23)7-8-17(16)25-22(21)28/h2-13H,1H3,(H,25,28). The fourth-order valence-corrected chi connectivity index (χ4v) is 3.35. The Morgan fingerprint density at radius 3 is 2.68 bits per heavy atom. The van der Waals surface area contributed by atoms with E-state index in [0.717, 1.165) is 5.56 Å². The van der Waals surface area contributed by atoms with E-state index >= 15 is 0 Å². The van der Waals surface area contributed by atoms with Crippen LogP contribution in [0.25, 0.3) is 28.1 Å². The van der Waals surface area contributed by atoms with Gasteiger partial charge in [0.2, 0.25) is 0 Å². The van der Waals surface area contributed by atoms with Crippen LogP contribution >= 0.6 is 11.6 Å². The fourth-order valence-electron chi connectivity index (χ4n) is 3.18. The van der Waals surface area contributed by atoms with Crippen LogP contribution < -0.4 is 5.56 Å². The zero-order valence-electron chi connectivity index (χ0n) is 15.0. The number of carbonyl (C=O) groups excluding carboxylic acids is 1. The van der Waals surface area contributed by atoms with Crippen LogP contribution in [0, 0.1) is 0 Å². The number of aromatic nitrogens is 3. The summed E-state index contributed by atoms with van der Waals surface area (Å²) < 4.78 is 1.78. The third-order valence-corrected chi connectivity index (χ3v) is 4.76. The second kappa shape index (κ2) is 7.29. The summed E-state index contributed by atoms with van der Waals surface area (Å²) in [5, 5.41) is 1.24. The van der Waals surface area contributed by atoms with Gasteiger partial charge in [-0.15, -0.1) is 0 Å². The van der Waals surface area contributed by atoms with E-state index < -0.39 is 11.3 Å². The van der Waals surface area contributed by atoms with Crippen LogP contribution in [-0.4, -0.2) is 20.3 Å². The average Bonchev–Trinajstić information content (AvgIpc) is 3.11. The van der Waals surface area contributed by atoms with E-state index in [0.29, 0.717) is 27.3 Å². The maximum Gasteiger partial charge on any atom is 0.260 e. The third-order valence-electron chi connectivity index (χ3n) is 4.53. The molecule has 0 saturated carbocycles. The molecule has 2 aromatic heterocycles. The van der Waals surface area contributed by atoms with E-state index in [9.17, 15) is 9.59 Å². The maximum absolute atomic E-state index is 13.0.